The highest BCUT2D eigenvalue weighted by Crippen LogP contribution is 2.38. The molecule has 184 valence electrons. The molecule has 0 spiro atoms. The Labute approximate surface area is 202 Å². The fraction of sp³-hybridized carbons (Fsp3) is 0.423. The first-order valence-electron chi connectivity index (χ1n) is 12.1. The molecule has 2 aromatic heterocycles. The van der Waals surface area contributed by atoms with Crippen LogP contribution in [0.15, 0.2) is 30.5 Å². The van der Waals surface area contributed by atoms with Crippen molar-refractivity contribution >= 4 is 23.0 Å². The molecule has 5 rings (SSSR count). The minimum Gasteiger partial charge on any atom is -0.493 e. The Morgan fingerprint density at radius 2 is 1.80 bits per heavy atom. The molecule has 0 aliphatic heterocycles. The largest absolute Gasteiger partial charge is 0.493 e. The summed E-state index contributed by atoms with van der Waals surface area (Å²) in [7, 11) is 0. The Bertz CT molecular complexity index is 1260. The molecular formula is C26H29FN4O4. The maximum atomic E-state index is 14.0. The number of rotatable bonds is 7. The Balaban J connectivity index is 1.39. The van der Waals surface area contributed by atoms with E-state index in [0.29, 0.717) is 66.2 Å². The van der Waals surface area contributed by atoms with Crippen molar-refractivity contribution in [3.8, 4) is 16.9 Å². The lowest BCUT2D eigenvalue weighted by molar-refractivity contribution is 0.0924. The van der Waals surface area contributed by atoms with Crippen molar-refractivity contribution in [2.24, 2.45) is 5.92 Å². The summed E-state index contributed by atoms with van der Waals surface area (Å²) < 4.78 is 20.0. The normalized spacial score (nSPS) is 19.9. The number of aryl methyl sites for hydroxylation is 1. The summed E-state index contributed by atoms with van der Waals surface area (Å²) in [4.78, 5) is 31.9. The van der Waals surface area contributed by atoms with E-state index in [9.17, 15) is 14.0 Å². The van der Waals surface area contributed by atoms with Crippen LogP contribution in [0.5, 0.6) is 5.75 Å². The van der Waals surface area contributed by atoms with Crippen LogP contribution in [0.25, 0.3) is 22.2 Å². The predicted molar refractivity (Wildman–Crippen MR) is 129 cm³/mol. The molecule has 2 fully saturated rings. The maximum absolute atomic E-state index is 14.0. The number of carboxylic acid groups (broad SMARTS) is 1. The number of carbonyl (C=O) groups is 2. The number of H-pyrrole nitrogens is 1. The summed E-state index contributed by atoms with van der Waals surface area (Å²) in [6, 6.07) is 6.25. The number of hydrogen-bond donors (Lipinski definition) is 4. The van der Waals surface area contributed by atoms with Gasteiger partial charge in [-0.25, -0.2) is 9.18 Å². The number of fused-ring (bicyclic) bond motifs is 1. The van der Waals surface area contributed by atoms with Crippen LogP contribution in [0, 0.1) is 18.7 Å². The van der Waals surface area contributed by atoms with Gasteiger partial charge in [0.2, 0.25) is 0 Å². The minimum absolute atomic E-state index is 0.0265. The number of benzene rings is 1. The van der Waals surface area contributed by atoms with Crippen molar-refractivity contribution in [3.63, 3.8) is 0 Å². The van der Waals surface area contributed by atoms with Crippen molar-refractivity contribution in [1.82, 2.24) is 20.6 Å². The molecule has 0 atom stereocenters. The van der Waals surface area contributed by atoms with Gasteiger partial charge in [0.1, 0.15) is 17.1 Å². The van der Waals surface area contributed by atoms with Gasteiger partial charge in [0.05, 0.1) is 17.7 Å². The fourth-order valence-electron chi connectivity index (χ4n) is 4.85. The number of aromatic nitrogens is 2. The number of hydrogen-bond acceptors (Lipinski definition) is 4. The van der Waals surface area contributed by atoms with Crippen molar-refractivity contribution in [1.29, 1.82) is 0 Å². The Hall–Kier alpha value is -3.62. The second-order valence-electron chi connectivity index (χ2n) is 9.57. The molecule has 2 aliphatic rings. The molecule has 0 saturated heterocycles. The third-order valence-corrected chi connectivity index (χ3v) is 6.90. The zero-order chi connectivity index (χ0) is 24.5. The van der Waals surface area contributed by atoms with Gasteiger partial charge in [0, 0.05) is 41.2 Å². The SMILES string of the molecule is Cc1[nH]c2c(-c3ccc(F)cc3OCC3CC3)ccnc2c1C(=O)N[C@H]1CC[C@@H](NC(=O)O)CC1. The first-order chi connectivity index (χ1) is 16.9. The van der Waals surface area contributed by atoms with E-state index in [4.69, 9.17) is 9.84 Å². The zero-order valence-corrected chi connectivity index (χ0v) is 19.6. The second-order valence-corrected chi connectivity index (χ2v) is 9.57. The molecule has 9 heteroatoms. The molecule has 2 amide bonds. The third kappa shape index (κ3) is 5.08. The third-order valence-electron chi connectivity index (χ3n) is 6.90. The molecule has 0 radical (unpaired) electrons. The summed E-state index contributed by atoms with van der Waals surface area (Å²) in [5, 5.41) is 14.5. The van der Waals surface area contributed by atoms with Crippen molar-refractivity contribution in [2.75, 3.05) is 6.61 Å². The van der Waals surface area contributed by atoms with E-state index in [1.54, 1.807) is 12.3 Å². The van der Waals surface area contributed by atoms with Crippen LogP contribution in [0.2, 0.25) is 0 Å². The summed E-state index contributed by atoms with van der Waals surface area (Å²) in [5.74, 6) is 0.439. The van der Waals surface area contributed by atoms with Gasteiger partial charge in [0.25, 0.3) is 5.91 Å². The van der Waals surface area contributed by atoms with E-state index < -0.39 is 6.09 Å². The van der Waals surface area contributed by atoms with Gasteiger partial charge < -0.3 is 25.5 Å². The van der Waals surface area contributed by atoms with Crippen LogP contribution in [-0.4, -0.2) is 45.8 Å². The number of aromatic amines is 1. The molecule has 4 N–H and O–H groups in total. The highest BCUT2D eigenvalue weighted by molar-refractivity contribution is 6.09. The van der Waals surface area contributed by atoms with Crippen LogP contribution < -0.4 is 15.4 Å². The highest BCUT2D eigenvalue weighted by atomic mass is 19.1. The average Bonchev–Trinajstić information content (AvgIpc) is 3.58. The summed E-state index contributed by atoms with van der Waals surface area (Å²) in [6.07, 6.45) is 5.67. The number of pyridine rings is 1. The number of nitrogens with zero attached hydrogens (tertiary/aromatic N) is 1. The molecule has 2 heterocycles. The van der Waals surface area contributed by atoms with Gasteiger partial charge in [-0.1, -0.05) is 0 Å². The van der Waals surface area contributed by atoms with E-state index in [1.165, 1.54) is 12.1 Å². The quantitative estimate of drug-likeness (QED) is 0.389. The van der Waals surface area contributed by atoms with Gasteiger partial charge in [-0.3, -0.25) is 9.78 Å². The smallest absolute Gasteiger partial charge is 0.404 e. The van der Waals surface area contributed by atoms with Crippen LogP contribution >= 0.6 is 0 Å². The van der Waals surface area contributed by atoms with E-state index in [2.05, 4.69) is 20.6 Å². The van der Waals surface area contributed by atoms with Gasteiger partial charge in [-0.05, 0) is 69.6 Å². The van der Waals surface area contributed by atoms with Crippen LogP contribution in [0.3, 0.4) is 0 Å². The van der Waals surface area contributed by atoms with Crippen LogP contribution in [0.4, 0.5) is 9.18 Å². The van der Waals surface area contributed by atoms with Crippen molar-refractivity contribution < 1.29 is 23.8 Å². The lowest BCUT2D eigenvalue weighted by atomic mass is 9.91. The first kappa shape index (κ1) is 23.1. The maximum Gasteiger partial charge on any atom is 0.404 e. The Morgan fingerprint density at radius 1 is 1.09 bits per heavy atom. The first-order valence-corrected chi connectivity index (χ1v) is 12.1. The number of carbonyl (C=O) groups excluding carboxylic acids is 1. The molecule has 0 unspecified atom stereocenters. The second kappa shape index (κ2) is 9.56. The predicted octanol–water partition coefficient (Wildman–Crippen LogP) is 4.77. The summed E-state index contributed by atoms with van der Waals surface area (Å²) >= 11 is 0. The molecule has 2 saturated carbocycles. The molecular weight excluding hydrogens is 451 g/mol. The van der Waals surface area contributed by atoms with Gasteiger partial charge in [0.15, 0.2) is 0 Å². The summed E-state index contributed by atoms with van der Waals surface area (Å²) in [5.41, 5.74) is 3.97. The topological polar surface area (TPSA) is 116 Å². The Morgan fingerprint density at radius 3 is 2.49 bits per heavy atom. The number of halogens is 1. The van der Waals surface area contributed by atoms with Gasteiger partial charge in [-0.2, -0.15) is 0 Å². The number of amides is 2. The molecule has 8 nitrogen and oxygen atoms in total. The van der Waals surface area contributed by atoms with Gasteiger partial charge >= 0.3 is 6.09 Å². The molecule has 1 aromatic carbocycles. The lowest BCUT2D eigenvalue weighted by Gasteiger charge is -2.28. The zero-order valence-electron chi connectivity index (χ0n) is 19.6. The van der Waals surface area contributed by atoms with Crippen molar-refractivity contribution in [3.05, 3.63) is 47.5 Å². The molecule has 2 aliphatic carbocycles. The fourth-order valence-corrected chi connectivity index (χ4v) is 4.85. The lowest BCUT2D eigenvalue weighted by Crippen LogP contribution is -2.43. The van der Waals surface area contributed by atoms with E-state index in [0.717, 1.165) is 24.0 Å². The molecule has 3 aromatic rings. The standard InChI is InChI=1S/C26H29FN4O4/c1-14-22(25(32)30-17-5-7-18(8-6-17)31-26(33)34)24-23(29-14)20(10-11-28-24)19-9-4-16(27)12-21(19)35-13-15-2-3-15/h4,9-12,15,17-18,29,31H,2-3,5-8,13H2,1H3,(H,30,32)(H,33,34)/t17-,18+. The van der Waals surface area contributed by atoms with E-state index in [1.807, 2.05) is 13.0 Å². The molecule has 0 bridgehead atoms. The average molecular weight is 481 g/mol. The monoisotopic (exact) mass is 480 g/mol. The Kier molecular flexibility index (Phi) is 6.32. The van der Waals surface area contributed by atoms with Crippen LogP contribution in [-0.2, 0) is 0 Å². The van der Waals surface area contributed by atoms with Crippen molar-refractivity contribution in [2.45, 2.75) is 57.5 Å². The van der Waals surface area contributed by atoms with E-state index >= 15 is 0 Å². The van der Waals surface area contributed by atoms with Gasteiger partial charge in [-0.15, -0.1) is 0 Å². The van der Waals surface area contributed by atoms with Crippen LogP contribution in [0.1, 0.15) is 54.6 Å². The number of ether oxygens (including phenoxy) is 1. The van der Waals surface area contributed by atoms with E-state index in [-0.39, 0.29) is 23.8 Å². The minimum atomic E-state index is -1.02. The highest BCUT2D eigenvalue weighted by Gasteiger charge is 2.27. The number of nitrogens with one attached hydrogen (secondary N) is 3. The summed E-state index contributed by atoms with van der Waals surface area (Å²) in [6.45, 7) is 2.40. The molecule has 35 heavy (non-hydrogen) atoms.